The van der Waals surface area contributed by atoms with Gasteiger partial charge < -0.3 is 4.74 Å². The highest BCUT2D eigenvalue weighted by atomic mass is 16.6. The van der Waals surface area contributed by atoms with Gasteiger partial charge in [0.15, 0.2) is 0 Å². The summed E-state index contributed by atoms with van der Waals surface area (Å²) in [5.74, 6) is -0.218. The lowest BCUT2D eigenvalue weighted by Crippen LogP contribution is -2.24. The van der Waals surface area contributed by atoms with Crippen molar-refractivity contribution in [2.24, 2.45) is 0 Å². The first-order valence-electron chi connectivity index (χ1n) is 6.22. The minimum atomic E-state index is -0.440. The third kappa shape index (κ3) is 3.88. The standard InChI is InChI=1S/C15H22O2/c1-6-11-8-9-12(7-2)13(10-11)14(16)17-15(3,4)5/h8-10H,6-7H2,1-5H3. The molecule has 1 aromatic carbocycles. The van der Waals surface area contributed by atoms with Crippen LogP contribution in [0.15, 0.2) is 18.2 Å². The Labute approximate surface area is 104 Å². The molecule has 0 fully saturated rings. The number of hydrogen-bond donors (Lipinski definition) is 0. The molecule has 0 aliphatic carbocycles. The highest BCUT2D eigenvalue weighted by Gasteiger charge is 2.19. The van der Waals surface area contributed by atoms with Gasteiger partial charge in [0.05, 0.1) is 5.56 Å². The maximum atomic E-state index is 12.1. The molecule has 0 N–H and O–H groups in total. The van der Waals surface area contributed by atoms with Crippen LogP contribution in [0.1, 0.15) is 56.1 Å². The molecule has 2 nitrogen and oxygen atoms in total. The van der Waals surface area contributed by atoms with Crippen molar-refractivity contribution in [3.63, 3.8) is 0 Å². The molecule has 94 valence electrons. The second-order valence-electron chi connectivity index (χ2n) is 5.20. The zero-order valence-corrected chi connectivity index (χ0v) is 11.5. The van der Waals surface area contributed by atoms with Gasteiger partial charge >= 0.3 is 5.97 Å². The van der Waals surface area contributed by atoms with Gasteiger partial charge in [0, 0.05) is 0 Å². The van der Waals surface area contributed by atoms with Crippen LogP contribution < -0.4 is 0 Å². The molecule has 0 amide bonds. The van der Waals surface area contributed by atoms with Crippen LogP contribution in [0.3, 0.4) is 0 Å². The van der Waals surface area contributed by atoms with Gasteiger partial charge in [-0.3, -0.25) is 0 Å². The second-order valence-corrected chi connectivity index (χ2v) is 5.20. The number of carbonyl (C=O) groups is 1. The van der Waals surface area contributed by atoms with Crippen molar-refractivity contribution < 1.29 is 9.53 Å². The molecule has 0 bridgehead atoms. The average molecular weight is 234 g/mol. The van der Waals surface area contributed by atoms with Crippen LogP contribution >= 0.6 is 0 Å². The van der Waals surface area contributed by atoms with E-state index >= 15 is 0 Å². The molecule has 2 heteroatoms. The van der Waals surface area contributed by atoms with E-state index in [0.29, 0.717) is 5.56 Å². The van der Waals surface area contributed by atoms with Gasteiger partial charge in [0.2, 0.25) is 0 Å². The lowest BCUT2D eigenvalue weighted by molar-refractivity contribution is 0.00683. The van der Waals surface area contributed by atoms with Gasteiger partial charge in [-0.1, -0.05) is 26.0 Å². The molecule has 1 aromatic rings. The molecular weight excluding hydrogens is 212 g/mol. The first-order valence-corrected chi connectivity index (χ1v) is 6.22. The lowest BCUT2D eigenvalue weighted by atomic mass is 10.0. The molecule has 0 unspecified atom stereocenters. The molecule has 0 radical (unpaired) electrons. The van der Waals surface area contributed by atoms with Crippen LogP contribution in [-0.2, 0) is 17.6 Å². The summed E-state index contributed by atoms with van der Waals surface area (Å²) in [5.41, 5.74) is 2.49. The van der Waals surface area contributed by atoms with Gasteiger partial charge in [0.1, 0.15) is 5.60 Å². The second kappa shape index (κ2) is 5.35. The largest absolute Gasteiger partial charge is 0.456 e. The summed E-state index contributed by atoms with van der Waals surface area (Å²) in [4.78, 5) is 12.1. The third-order valence-corrected chi connectivity index (χ3v) is 2.58. The minimum absolute atomic E-state index is 0.218. The van der Waals surface area contributed by atoms with E-state index in [0.717, 1.165) is 18.4 Å². The van der Waals surface area contributed by atoms with Gasteiger partial charge in [-0.05, 0) is 50.8 Å². The Morgan fingerprint density at radius 2 is 1.82 bits per heavy atom. The molecule has 0 saturated carbocycles. The minimum Gasteiger partial charge on any atom is -0.456 e. The van der Waals surface area contributed by atoms with Crippen LogP contribution in [0.5, 0.6) is 0 Å². The van der Waals surface area contributed by atoms with Gasteiger partial charge in [0.25, 0.3) is 0 Å². The fourth-order valence-corrected chi connectivity index (χ4v) is 1.67. The van der Waals surface area contributed by atoms with Crippen molar-refractivity contribution in [3.8, 4) is 0 Å². The van der Waals surface area contributed by atoms with Crippen molar-refractivity contribution in [3.05, 3.63) is 34.9 Å². The van der Waals surface area contributed by atoms with Crippen molar-refractivity contribution in [1.82, 2.24) is 0 Å². The SMILES string of the molecule is CCc1ccc(CC)c(C(=O)OC(C)(C)C)c1. The number of hydrogen-bond acceptors (Lipinski definition) is 2. The predicted octanol–water partition coefficient (Wildman–Crippen LogP) is 3.77. The number of ether oxygens (including phenoxy) is 1. The summed E-state index contributed by atoms with van der Waals surface area (Å²) in [6.45, 7) is 9.80. The molecule has 0 heterocycles. The summed E-state index contributed by atoms with van der Waals surface area (Å²) >= 11 is 0. The fraction of sp³-hybridized carbons (Fsp3) is 0.533. The molecule has 0 aliphatic rings. The molecule has 0 spiro atoms. The Morgan fingerprint density at radius 3 is 2.29 bits per heavy atom. The quantitative estimate of drug-likeness (QED) is 0.744. The Balaban J connectivity index is 3.05. The van der Waals surface area contributed by atoms with E-state index in [9.17, 15) is 4.79 Å². The summed E-state index contributed by atoms with van der Waals surface area (Å²) in [7, 11) is 0. The molecule has 0 aromatic heterocycles. The smallest absolute Gasteiger partial charge is 0.338 e. The Morgan fingerprint density at radius 1 is 1.18 bits per heavy atom. The number of esters is 1. The Bertz CT molecular complexity index is 400. The summed E-state index contributed by atoms with van der Waals surface area (Å²) in [6.07, 6.45) is 1.78. The molecule has 0 aliphatic heterocycles. The van der Waals surface area contributed by atoms with Crippen molar-refractivity contribution in [1.29, 1.82) is 0 Å². The van der Waals surface area contributed by atoms with Crippen molar-refractivity contribution >= 4 is 5.97 Å². The van der Waals surface area contributed by atoms with E-state index in [1.807, 2.05) is 32.9 Å². The van der Waals surface area contributed by atoms with Crippen molar-refractivity contribution in [2.75, 3.05) is 0 Å². The maximum absolute atomic E-state index is 12.1. The fourth-order valence-electron chi connectivity index (χ4n) is 1.67. The monoisotopic (exact) mass is 234 g/mol. The number of benzene rings is 1. The number of rotatable bonds is 3. The summed E-state index contributed by atoms with van der Waals surface area (Å²) in [6, 6.07) is 6.05. The van der Waals surface area contributed by atoms with E-state index in [1.54, 1.807) is 0 Å². The van der Waals surface area contributed by atoms with Crippen LogP contribution in [-0.4, -0.2) is 11.6 Å². The van der Waals surface area contributed by atoms with E-state index in [2.05, 4.69) is 19.9 Å². The summed E-state index contributed by atoms with van der Waals surface area (Å²) in [5, 5.41) is 0. The third-order valence-electron chi connectivity index (χ3n) is 2.58. The molecule has 17 heavy (non-hydrogen) atoms. The Kier molecular flexibility index (Phi) is 4.33. The number of aryl methyl sites for hydroxylation is 2. The van der Waals surface area contributed by atoms with Crippen LogP contribution in [0.2, 0.25) is 0 Å². The maximum Gasteiger partial charge on any atom is 0.338 e. The van der Waals surface area contributed by atoms with Crippen LogP contribution in [0.4, 0.5) is 0 Å². The lowest BCUT2D eigenvalue weighted by Gasteiger charge is -2.20. The highest BCUT2D eigenvalue weighted by Crippen LogP contribution is 2.18. The van der Waals surface area contributed by atoms with E-state index in [-0.39, 0.29) is 5.97 Å². The topological polar surface area (TPSA) is 26.3 Å². The Hall–Kier alpha value is -1.31. The van der Waals surface area contributed by atoms with E-state index in [1.165, 1.54) is 5.56 Å². The molecule has 1 rings (SSSR count). The van der Waals surface area contributed by atoms with E-state index < -0.39 is 5.60 Å². The van der Waals surface area contributed by atoms with Crippen molar-refractivity contribution in [2.45, 2.75) is 53.1 Å². The zero-order chi connectivity index (χ0) is 13.1. The predicted molar refractivity (Wildman–Crippen MR) is 70.4 cm³/mol. The van der Waals surface area contributed by atoms with E-state index in [4.69, 9.17) is 4.74 Å². The highest BCUT2D eigenvalue weighted by molar-refractivity contribution is 5.91. The number of carbonyl (C=O) groups excluding carboxylic acids is 1. The average Bonchev–Trinajstić information content (AvgIpc) is 2.25. The summed E-state index contributed by atoms with van der Waals surface area (Å²) < 4.78 is 5.43. The molecule has 0 atom stereocenters. The first kappa shape index (κ1) is 13.8. The van der Waals surface area contributed by atoms with Gasteiger partial charge in [-0.25, -0.2) is 4.79 Å². The normalized spacial score (nSPS) is 11.4. The van der Waals surface area contributed by atoms with Crippen LogP contribution in [0, 0.1) is 0 Å². The molecule has 0 saturated heterocycles. The van der Waals surface area contributed by atoms with Gasteiger partial charge in [-0.15, -0.1) is 0 Å². The van der Waals surface area contributed by atoms with Gasteiger partial charge in [-0.2, -0.15) is 0 Å². The zero-order valence-electron chi connectivity index (χ0n) is 11.5. The van der Waals surface area contributed by atoms with Crippen LogP contribution in [0.25, 0.3) is 0 Å². The molecular formula is C15H22O2. The first-order chi connectivity index (χ1) is 7.87.